The quantitative estimate of drug-likeness (QED) is 0.0469. The second-order valence-corrected chi connectivity index (χ2v) is 20.9. The zero-order valence-corrected chi connectivity index (χ0v) is 41.4. The van der Waals surface area contributed by atoms with Crippen molar-refractivity contribution in [3.05, 3.63) is 88.1 Å². The minimum absolute atomic E-state index is 0.0313. The number of pyridine rings is 1. The van der Waals surface area contributed by atoms with E-state index in [9.17, 15) is 34.4 Å². The number of aromatic nitrogens is 1. The van der Waals surface area contributed by atoms with Gasteiger partial charge in [-0.25, -0.2) is 19.5 Å². The Hall–Kier alpha value is -6.19. The minimum Gasteiger partial charge on any atom is -0.493 e. The molecule has 0 spiro atoms. The van der Waals surface area contributed by atoms with Gasteiger partial charge in [0.1, 0.15) is 12.2 Å². The van der Waals surface area contributed by atoms with Crippen LogP contribution >= 0.6 is 21.6 Å². The first-order chi connectivity index (χ1) is 32.8. The van der Waals surface area contributed by atoms with E-state index in [1.165, 1.54) is 65.3 Å². The van der Waals surface area contributed by atoms with Crippen molar-refractivity contribution >= 4 is 62.7 Å². The molecule has 1 aromatic heterocycles. The Labute approximate surface area is 408 Å². The van der Waals surface area contributed by atoms with Crippen molar-refractivity contribution in [2.24, 2.45) is 0 Å². The second-order valence-electron chi connectivity index (χ2n) is 18.2. The average Bonchev–Trinajstić information content (AvgIpc) is 3.87. The molecule has 2 fully saturated rings. The van der Waals surface area contributed by atoms with Crippen LogP contribution in [0.25, 0.3) is 0 Å². The third kappa shape index (κ3) is 11.0. The molecular weight excluding hydrogens is 933 g/mol. The maximum Gasteiger partial charge on any atom is 0.417 e. The molecule has 21 heteroatoms. The molecule has 4 aliphatic rings. The fourth-order valence-electron chi connectivity index (χ4n) is 8.73. The molecule has 7 rings (SSSR count). The molecule has 1 unspecified atom stereocenters. The molecule has 4 aliphatic heterocycles. The summed E-state index contributed by atoms with van der Waals surface area (Å²) in [5.74, 6) is 0.494. The van der Waals surface area contributed by atoms with Gasteiger partial charge >= 0.3 is 17.9 Å². The second kappa shape index (κ2) is 21.2. The molecule has 0 bridgehead atoms. The number of aliphatic hydroxyl groups excluding tert-OH is 1. The lowest BCUT2D eigenvalue weighted by Gasteiger charge is -2.33. The van der Waals surface area contributed by atoms with E-state index >= 15 is 0 Å². The number of hydrogen-bond donors (Lipinski definition) is 1. The number of nitro groups is 1. The van der Waals surface area contributed by atoms with Crippen LogP contribution in [0.15, 0.2) is 71.9 Å². The molecule has 3 aromatic rings. The summed E-state index contributed by atoms with van der Waals surface area (Å²) in [5, 5.41) is 23.1. The summed E-state index contributed by atoms with van der Waals surface area (Å²) in [7, 11) is 5.33. The number of carbonyl (C=O) groups is 4. The lowest BCUT2D eigenvalue weighted by atomic mass is 10.0. The van der Waals surface area contributed by atoms with Gasteiger partial charge in [0, 0.05) is 42.7 Å². The van der Waals surface area contributed by atoms with Gasteiger partial charge in [0.25, 0.3) is 11.8 Å². The molecule has 0 saturated carbocycles. The van der Waals surface area contributed by atoms with Gasteiger partial charge in [-0.3, -0.25) is 24.6 Å². The Bertz CT molecular complexity index is 2520. The molecule has 5 heterocycles. The fraction of sp³-hybridized carbons (Fsp3) is 0.479. The number of methoxy groups -OCH3 is 2. The lowest BCUT2D eigenvalue weighted by molar-refractivity contribution is -0.388. The normalized spacial score (nSPS) is 20.3. The van der Waals surface area contributed by atoms with Gasteiger partial charge in [-0.15, -0.1) is 0 Å². The Kier molecular flexibility index (Phi) is 15.6. The first kappa shape index (κ1) is 50.7. The van der Waals surface area contributed by atoms with Crippen molar-refractivity contribution in [2.75, 3.05) is 56.9 Å². The predicted octanol–water partition coefficient (Wildman–Crippen LogP) is 8.42. The summed E-state index contributed by atoms with van der Waals surface area (Å²) in [6.45, 7) is 18.0. The Morgan fingerprint density at radius 2 is 1.42 bits per heavy atom. The number of anilines is 2. The maximum atomic E-state index is 14.2. The Morgan fingerprint density at radius 1 is 0.870 bits per heavy atom. The number of rotatable bonds is 16. The van der Waals surface area contributed by atoms with Gasteiger partial charge in [-0.05, 0) is 95.7 Å². The van der Waals surface area contributed by atoms with Crippen LogP contribution in [0.1, 0.15) is 87.4 Å². The van der Waals surface area contributed by atoms with E-state index < -0.39 is 41.0 Å². The van der Waals surface area contributed by atoms with Crippen molar-refractivity contribution in [3.63, 3.8) is 0 Å². The summed E-state index contributed by atoms with van der Waals surface area (Å²) in [6.07, 6.45) is 1.19. The van der Waals surface area contributed by atoms with E-state index in [4.69, 9.17) is 28.4 Å². The van der Waals surface area contributed by atoms with Crippen molar-refractivity contribution in [1.29, 1.82) is 0 Å². The van der Waals surface area contributed by atoms with Crippen LogP contribution in [0.3, 0.4) is 0 Å². The third-order valence-electron chi connectivity index (χ3n) is 12.0. The van der Waals surface area contributed by atoms with Crippen LogP contribution < -0.4 is 28.7 Å². The van der Waals surface area contributed by atoms with Gasteiger partial charge in [-0.1, -0.05) is 35.1 Å². The minimum atomic E-state index is -1.42. The molecule has 0 aliphatic carbocycles. The first-order valence-electron chi connectivity index (χ1n) is 22.6. The maximum absolute atomic E-state index is 14.2. The third-order valence-corrected chi connectivity index (χ3v) is 14.8. The van der Waals surface area contributed by atoms with E-state index in [1.807, 2.05) is 13.8 Å². The Balaban J connectivity index is 1.02. The molecular formula is C48H58N6O13S2. The molecule has 2 aromatic carbocycles. The number of hydrogen-bond acceptors (Lipinski definition) is 16. The zero-order chi connectivity index (χ0) is 49.9. The number of carbonyl (C=O) groups excluding carboxylic acids is 4. The van der Waals surface area contributed by atoms with E-state index in [0.29, 0.717) is 55.8 Å². The number of amides is 4. The number of ether oxygens (including phenoxy) is 6. The van der Waals surface area contributed by atoms with Gasteiger partial charge < -0.3 is 43.3 Å². The topological polar surface area (TPSA) is 213 Å². The number of benzene rings is 2. The molecule has 0 radical (unpaired) electrons. The molecule has 1 N–H and O–H groups in total. The number of unbranched alkanes of at least 4 members (excludes halogenated alkanes) is 2. The van der Waals surface area contributed by atoms with E-state index in [0.717, 1.165) is 26.8 Å². The summed E-state index contributed by atoms with van der Waals surface area (Å²) in [4.78, 5) is 76.8. The highest BCUT2D eigenvalue weighted by Crippen LogP contribution is 2.45. The van der Waals surface area contributed by atoms with Gasteiger partial charge in [0.05, 0.1) is 73.0 Å². The van der Waals surface area contributed by atoms with Crippen molar-refractivity contribution in [1.82, 2.24) is 14.8 Å². The monoisotopic (exact) mass is 990 g/mol. The van der Waals surface area contributed by atoms with Crippen molar-refractivity contribution in [2.45, 2.75) is 107 Å². The number of nitrogens with zero attached hydrogens (tertiary/aromatic N) is 6. The van der Waals surface area contributed by atoms with Crippen molar-refractivity contribution < 1.29 is 57.6 Å². The lowest BCUT2D eigenvalue weighted by Crippen LogP contribution is -2.51. The average molecular weight is 991 g/mol. The smallest absolute Gasteiger partial charge is 0.417 e. The predicted molar refractivity (Wildman–Crippen MR) is 260 cm³/mol. The fourth-order valence-corrected chi connectivity index (χ4v) is 10.8. The van der Waals surface area contributed by atoms with Crippen molar-refractivity contribution in [3.8, 4) is 23.0 Å². The van der Waals surface area contributed by atoms with Crippen LogP contribution in [0.2, 0.25) is 0 Å². The molecule has 69 heavy (non-hydrogen) atoms. The highest BCUT2D eigenvalue weighted by atomic mass is 33.1. The molecule has 2 saturated heterocycles. The van der Waals surface area contributed by atoms with E-state index in [-0.39, 0.29) is 88.5 Å². The Morgan fingerprint density at radius 3 is 1.97 bits per heavy atom. The largest absolute Gasteiger partial charge is 0.493 e. The molecule has 4 amide bonds. The van der Waals surface area contributed by atoms with Gasteiger partial charge in [0.2, 0.25) is 0 Å². The highest BCUT2D eigenvalue weighted by molar-refractivity contribution is 8.77. The first-order valence-corrected chi connectivity index (χ1v) is 24.8. The van der Waals surface area contributed by atoms with E-state index in [1.54, 1.807) is 37.8 Å². The number of fused-ring (bicyclic) bond motifs is 4. The highest BCUT2D eigenvalue weighted by Gasteiger charge is 2.48. The van der Waals surface area contributed by atoms with Crippen LogP contribution in [0.5, 0.6) is 23.0 Å². The summed E-state index contributed by atoms with van der Waals surface area (Å²) < 4.78 is 35.4. The van der Waals surface area contributed by atoms with Crippen LogP contribution in [-0.2, 0) is 9.47 Å². The molecule has 370 valence electrons. The zero-order valence-electron chi connectivity index (χ0n) is 39.8. The summed E-state index contributed by atoms with van der Waals surface area (Å²) in [5.41, 5.74) is 1.45. The van der Waals surface area contributed by atoms with Gasteiger partial charge in [-0.2, -0.15) is 0 Å². The summed E-state index contributed by atoms with van der Waals surface area (Å²) >= 11 is 0. The summed E-state index contributed by atoms with van der Waals surface area (Å²) in [6, 6.07) is 7.52. The molecule has 19 nitrogen and oxygen atoms in total. The number of aliphatic hydroxyl groups is 1. The van der Waals surface area contributed by atoms with Gasteiger partial charge in [0.15, 0.2) is 34.3 Å². The molecule has 5 atom stereocenters. The SMILES string of the molecule is C=C1C[C@H]2C(C)N(C(=O)OC[C@@H](C)SSc3ncccc3[N+](=O)[O-])c3cc(OCCCCCOc4cc5c(cc4OC)C(=O)N4CC(=C)C[C@H]4[C@H](O)N5C(=O)OC(C)(C)C)c(OC)cc3C(=O)N2C1. The van der Waals surface area contributed by atoms with Crippen LogP contribution in [0.4, 0.5) is 26.7 Å². The van der Waals surface area contributed by atoms with E-state index in [2.05, 4.69) is 18.1 Å². The van der Waals surface area contributed by atoms with Crippen LogP contribution in [0, 0.1) is 10.1 Å². The van der Waals surface area contributed by atoms with Crippen LogP contribution in [-0.4, -0.2) is 131 Å². The standard InChI is InChI=1S/C48H58N6O13S2/c1-27-18-34-30(4)52(46(58)66-26-29(3)68-69-42-33(54(60)61)14-13-15-49-42)35-22-40(38(62-8)20-31(35)43(55)50(34)24-27)64-16-11-10-12-17-65-41-23-36-32(21-39(41)63-9)44(56)51-25-28(2)19-37(51)45(57)53(36)47(59)67-48(5,6)7/h13-15,20-23,29-30,34,37,45,57H,1-2,10-12,16-19,24-26H2,3-9H3/t29-,30?,34+,37+,45+/m1/s1.